The monoisotopic (exact) mass is 307 g/mol. The predicted molar refractivity (Wildman–Crippen MR) is 75.4 cm³/mol. The third-order valence-corrected chi connectivity index (χ3v) is 3.25. The average Bonchev–Trinajstić information content (AvgIpc) is 2.43. The summed E-state index contributed by atoms with van der Waals surface area (Å²) < 4.78 is 14.4. The van der Waals surface area contributed by atoms with Crippen LogP contribution in [0.2, 0.25) is 0 Å². The molecule has 0 aliphatic carbocycles. The van der Waals surface area contributed by atoms with Gasteiger partial charge in [-0.05, 0) is 11.0 Å². The molecule has 0 unspecified atom stereocenters. The van der Waals surface area contributed by atoms with Crippen molar-refractivity contribution < 1.29 is 18.6 Å². The van der Waals surface area contributed by atoms with Crippen LogP contribution in [0.5, 0.6) is 0 Å². The molecule has 0 radical (unpaired) electrons. The first-order valence-electron chi connectivity index (χ1n) is 5.77. The van der Waals surface area contributed by atoms with Gasteiger partial charge in [-0.15, -0.1) is 0 Å². The largest absolute Gasteiger partial charge is 0.527 e. The van der Waals surface area contributed by atoms with Gasteiger partial charge in [0.1, 0.15) is 0 Å². The molecular formula is C11H16BCl2NO4. The molecule has 1 aliphatic rings. The first kappa shape index (κ1) is 16.7. The van der Waals surface area contributed by atoms with E-state index in [1.807, 2.05) is 24.3 Å². The fourth-order valence-electron chi connectivity index (χ4n) is 1.91. The van der Waals surface area contributed by atoms with E-state index in [0.29, 0.717) is 0 Å². The Hall–Kier alpha value is -0.335. The van der Waals surface area contributed by atoms with E-state index >= 15 is 0 Å². The third kappa shape index (κ3) is 4.93. The Morgan fingerprint density at radius 2 is 1.68 bits per heavy atom. The highest BCUT2D eigenvalue weighted by atomic mass is 35.5. The van der Waals surface area contributed by atoms with Crippen LogP contribution >= 0.6 is 23.7 Å². The first-order valence-corrected chi connectivity index (χ1v) is 6.39. The van der Waals surface area contributed by atoms with Gasteiger partial charge in [0, 0.05) is 43.4 Å². The minimum Gasteiger partial charge on any atom is -0.412 e. The zero-order valence-electron chi connectivity index (χ0n) is 10.4. The van der Waals surface area contributed by atoms with E-state index in [1.165, 1.54) is 5.56 Å². The van der Waals surface area contributed by atoms with Crippen molar-refractivity contribution in [1.29, 1.82) is 0 Å². The van der Waals surface area contributed by atoms with Gasteiger partial charge < -0.3 is 18.6 Å². The van der Waals surface area contributed by atoms with E-state index in [9.17, 15) is 0 Å². The summed E-state index contributed by atoms with van der Waals surface area (Å²) in [7, 11) is -0.745. The number of morpholine rings is 1. The molecule has 2 rings (SSSR count). The van der Waals surface area contributed by atoms with Crippen molar-refractivity contribution in [2.24, 2.45) is 0 Å². The lowest BCUT2D eigenvalue weighted by Gasteiger charge is -2.26. The molecule has 1 saturated heterocycles. The smallest absolute Gasteiger partial charge is 0.412 e. The number of hydrogen-bond donors (Lipinski definition) is 0. The van der Waals surface area contributed by atoms with E-state index in [1.54, 1.807) is 0 Å². The van der Waals surface area contributed by atoms with Crippen LogP contribution in [0.25, 0.3) is 0 Å². The summed E-state index contributed by atoms with van der Waals surface area (Å²) in [5.41, 5.74) is 2.01. The summed E-state index contributed by atoms with van der Waals surface area (Å²) in [4.78, 5) is 2.35. The van der Waals surface area contributed by atoms with E-state index in [0.717, 1.165) is 38.3 Å². The third-order valence-electron chi connectivity index (χ3n) is 2.92. The molecule has 0 bridgehead atoms. The zero-order chi connectivity index (χ0) is 12.8. The molecule has 1 heterocycles. The van der Waals surface area contributed by atoms with Crippen molar-refractivity contribution in [2.75, 3.05) is 26.3 Å². The van der Waals surface area contributed by atoms with Crippen LogP contribution in [0.3, 0.4) is 0 Å². The molecule has 1 aromatic carbocycles. The van der Waals surface area contributed by atoms with Gasteiger partial charge in [-0.25, -0.2) is 0 Å². The van der Waals surface area contributed by atoms with E-state index in [4.69, 9.17) is 28.5 Å². The number of rotatable bonds is 5. The number of benzene rings is 1. The molecule has 1 fully saturated rings. The molecule has 0 aromatic heterocycles. The van der Waals surface area contributed by atoms with Crippen LogP contribution in [0, 0.1) is 0 Å². The SMILES string of the molecule is ClOB(OCl)c1ccc(CN2CCOCC2)cc1.O. The highest BCUT2D eigenvalue weighted by Crippen LogP contribution is 2.07. The Labute approximate surface area is 123 Å². The molecule has 2 N–H and O–H groups in total. The van der Waals surface area contributed by atoms with Gasteiger partial charge in [0.25, 0.3) is 0 Å². The molecule has 5 nitrogen and oxygen atoms in total. The molecule has 0 spiro atoms. The summed E-state index contributed by atoms with van der Waals surface area (Å²) >= 11 is 10.5. The van der Waals surface area contributed by atoms with Gasteiger partial charge in [0.2, 0.25) is 0 Å². The standard InChI is InChI=1S/C11H14BCl2NO3.H2O/c13-17-12(18-14)11-3-1-10(2-4-11)9-15-5-7-16-8-6-15;/h1-4H,5-9H2;1H2. The lowest BCUT2D eigenvalue weighted by atomic mass is 9.80. The Balaban J connectivity index is 0.00000180. The predicted octanol–water partition coefficient (Wildman–Crippen LogP) is 0.730. The molecule has 1 aromatic rings. The molecule has 19 heavy (non-hydrogen) atoms. The van der Waals surface area contributed by atoms with Gasteiger partial charge >= 0.3 is 7.12 Å². The molecule has 106 valence electrons. The van der Waals surface area contributed by atoms with Crippen molar-refractivity contribution in [3.63, 3.8) is 0 Å². The Morgan fingerprint density at radius 3 is 2.21 bits per heavy atom. The van der Waals surface area contributed by atoms with E-state index in [2.05, 4.69) is 13.3 Å². The van der Waals surface area contributed by atoms with Crippen molar-refractivity contribution in [3.8, 4) is 0 Å². The minimum absolute atomic E-state index is 0. The van der Waals surface area contributed by atoms with Crippen LogP contribution in [-0.4, -0.2) is 43.8 Å². The maximum atomic E-state index is 5.31. The van der Waals surface area contributed by atoms with E-state index in [-0.39, 0.29) is 5.48 Å². The number of ether oxygens (including phenoxy) is 1. The number of nitrogens with zero attached hydrogens (tertiary/aromatic N) is 1. The van der Waals surface area contributed by atoms with Crippen LogP contribution < -0.4 is 5.46 Å². The van der Waals surface area contributed by atoms with Crippen LogP contribution in [0.4, 0.5) is 0 Å². The average molecular weight is 308 g/mol. The number of halogens is 2. The van der Waals surface area contributed by atoms with Gasteiger partial charge in [0.15, 0.2) is 0 Å². The summed E-state index contributed by atoms with van der Waals surface area (Å²) in [5, 5.41) is 0. The fraction of sp³-hybridized carbons (Fsp3) is 0.455. The van der Waals surface area contributed by atoms with Crippen molar-refractivity contribution in [2.45, 2.75) is 6.54 Å². The van der Waals surface area contributed by atoms with Crippen molar-refractivity contribution >= 4 is 36.3 Å². The summed E-state index contributed by atoms with van der Waals surface area (Å²) in [6, 6.07) is 7.82. The second-order valence-corrected chi connectivity index (χ2v) is 4.50. The number of hydrogen-bond acceptors (Lipinski definition) is 4. The van der Waals surface area contributed by atoms with Gasteiger partial charge in [-0.1, -0.05) is 24.3 Å². The Morgan fingerprint density at radius 1 is 1.11 bits per heavy atom. The van der Waals surface area contributed by atoms with Crippen molar-refractivity contribution in [1.82, 2.24) is 4.90 Å². The highest BCUT2D eigenvalue weighted by Gasteiger charge is 2.21. The zero-order valence-corrected chi connectivity index (χ0v) is 11.9. The lowest BCUT2D eigenvalue weighted by molar-refractivity contribution is 0.0342. The van der Waals surface area contributed by atoms with E-state index < -0.39 is 7.12 Å². The van der Waals surface area contributed by atoms with Crippen molar-refractivity contribution in [3.05, 3.63) is 29.8 Å². The second kappa shape index (κ2) is 8.76. The van der Waals surface area contributed by atoms with Crippen LogP contribution in [0.1, 0.15) is 5.56 Å². The molecule has 8 heteroatoms. The summed E-state index contributed by atoms with van der Waals surface area (Å²) in [5.74, 6) is 0. The van der Waals surface area contributed by atoms with Gasteiger partial charge in [-0.2, -0.15) is 0 Å². The normalized spacial score (nSPS) is 15.9. The molecule has 0 saturated carbocycles. The molecular weight excluding hydrogens is 292 g/mol. The topological polar surface area (TPSA) is 62.4 Å². The highest BCUT2D eigenvalue weighted by molar-refractivity contribution is 6.67. The Bertz CT molecular complexity index is 358. The molecule has 0 atom stereocenters. The van der Waals surface area contributed by atoms with Gasteiger partial charge in [0.05, 0.1) is 13.2 Å². The molecule has 1 aliphatic heterocycles. The maximum Gasteiger partial charge on any atom is 0.527 e. The lowest BCUT2D eigenvalue weighted by Crippen LogP contribution is -2.36. The summed E-state index contributed by atoms with van der Waals surface area (Å²) in [6.45, 7) is 4.47. The minimum atomic E-state index is -0.745. The van der Waals surface area contributed by atoms with Gasteiger partial charge in [-0.3, -0.25) is 4.90 Å². The quantitative estimate of drug-likeness (QED) is 0.752. The second-order valence-electron chi connectivity index (χ2n) is 4.14. The maximum absolute atomic E-state index is 5.31. The Kier molecular flexibility index (Phi) is 7.71. The van der Waals surface area contributed by atoms with Crippen LogP contribution in [-0.2, 0) is 19.7 Å². The fourth-order valence-corrected chi connectivity index (χ4v) is 2.23. The first-order chi connectivity index (χ1) is 8.83. The summed E-state index contributed by atoms with van der Waals surface area (Å²) in [6.07, 6.45) is 0. The molecule has 0 amide bonds. The van der Waals surface area contributed by atoms with Crippen LogP contribution in [0.15, 0.2) is 24.3 Å².